The van der Waals surface area contributed by atoms with Crippen molar-refractivity contribution < 1.29 is 17.9 Å². The lowest BCUT2D eigenvalue weighted by Gasteiger charge is -2.12. The minimum absolute atomic E-state index is 0.276. The SMILES string of the molecule is CNc1nc(Nc2cccc(C#N)c2)cc(-c2cccc(OC(F)(F)F)c2)n1. The average Bonchev–Trinajstić information content (AvgIpc) is 2.66. The maximum Gasteiger partial charge on any atom is 0.573 e. The Morgan fingerprint density at radius 3 is 2.54 bits per heavy atom. The van der Waals surface area contributed by atoms with Gasteiger partial charge >= 0.3 is 6.36 Å². The Morgan fingerprint density at radius 1 is 1.04 bits per heavy atom. The Balaban J connectivity index is 1.95. The van der Waals surface area contributed by atoms with Crippen molar-refractivity contribution in [3.05, 3.63) is 60.2 Å². The van der Waals surface area contributed by atoms with Gasteiger partial charge in [0.05, 0.1) is 17.3 Å². The van der Waals surface area contributed by atoms with Crippen LogP contribution in [0.5, 0.6) is 5.75 Å². The number of ether oxygens (including phenoxy) is 1. The molecule has 2 N–H and O–H groups in total. The molecule has 3 rings (SSSR count). The first-order valence-electron chi connectivity index (χ1n) is 8.06. The number of rotatable bonds is 5. The highest BCUT2D eigenvalue weighted by Gasteiger charge is 2.31. The topological polar surface area (TPSA) is 82.9 Å². The van der Waals surface area contributed by atoms with Crippen LogP contribution in [0.3, 0.4) is 0 Å². The lowest BCUT2D eigenvalue weighted by Crippen LogP contribution is -2.17. The van der Waals surface area contributed by atoms with E-state index >= 15 is 0 Å². The van der Waals surface area contributed by atoms with Gasteiger partial charge in [0.2, 0.25) is 5.95 Å². The first-order valence-corrected chi connectivity index (χ1v) is 8.06. The predicted octanol–water partition coefficient (Wildman–Crippen LogP) is 4.70. The summed E-state index contributed by atoms with van der Waals surface area (Å²) in [7, 11) is 1.63. The van der Waals surface area contributed by atoms with E-state index in [1.807, 2.05) is 6.07 Å². The van der Waals surface area contributed by atoms with Crippen LogP contribution in [0.1, 0.15) is 5.56 Å². The van der Waals surface area contributed by atoms with E-state index in [0.717, 1.165) is 0 Å². The van der Waals surface area contributed by atoms with E-state index in [-0.39, 0.29) is 11.7 Å². The summed E-state index contributed by atoms with van der Waals surface area (Å²) < 4.78 is 41.4. The smallest absolute Gasteiger partial charge is 0.406 e. The third-order valence-corrected chi connectivity index (χ3v) is 3.58. The van der Waals surface area contributed by atoms with Crippen molar-refractivity contribution in [3.63, 3.8) is 0 Å². The minimum Gasteiger partial charge on any atom is -0.406 e. The van der Waals surface area contributed by atoms with Gasteiger partial charge in [-0.3, -0.25) is 0 Å². The minimum atomic E-state index is -4.78. The number of hydrogen-bond acceptors (Lipinski definition) is 6. The fourth-order valence-electron chi connectivity index (χ4n) is 2.44. The summed E-state index contributed by atoms with van der Waals surface area (Å²) in [6.07, 6.45) is -4.78. The first-order chi connectivity index (χ1) is 13.4. The van der Waals surface area contributed by atoms with Crippen LogP contribution >= 0.6 is 0 Å². The highest BCUT2D eigenvalue weighted by molar-refractivity contribution is 5.68. The lowest BCUT2D eigenvalue weighted by atomic mass is 10.1. The van der Waals surface area contributed by atoms with Crippen molar-refractivity contribution in [3.8, 4) is 23.1 Å². The molecule has 0 unspecified atom stereocenters. The largest absolute Gasteiger partial charge is 0.573 e. The second-order valence-electron chi connectivity index (χ2n) is 5.61. The quantitative estimate of drug-likeness (QED) is 0.663. The fraction of sp³-hybridized carbons (Fsp3) is 0.105. The number of alkyl halides is 3. The summed E-state index contributed by atoms with van der Waals surface area (Å²) in [5.41, 5.74) is 1.94. The Labute approximate surface area is 158 Å². The summed E-state index contributed by atoms with van der Waals surface area (Å²) in [4.78, 5) is 8.57. The maximum absolute atomic E-state index is 12.5. The molecule has 0 aliphatic heterocycles. The molecule has 6 nitrogen and oxygen atoms in total. The summed E-state index contributed by atoms with van der Waals surface area (Å²) in [6, 6.07) is 16.0. The van der Waals surface area contributed by atoms with Gasteiger partial charge in [0.15, 0.2) is 0 Å². The molecular formula is C19H14F3N5O. The zero-order chi connectivity index (χ0) is 20.1. The molecule has 0 bridgehead atoms. The molecule has 0 saturated heterocycles. The Kier molecular flexibility index (Phi) is 5.31. The number of benzene rings is 2. The van der Waals surface area contributed by atoms with Crippen LogP contribution in [0.2, 0.25) is 0 Å². The van der Waals surface area contributed by atoms with Gasteiger partial charge < -0.3 is 15.4 Å². The molecular weight excluding hydrogens is 371 g/mol. The molecule has 0 spiro atoms. The number of hydrogen-bond donors (Lipinski definition) is 2. The Morgan fingerprint density at radius 2 is 1.82 bits per heavy atom. The van der Waals surface area contributed by atoms with Gasteiger partial charge in [0.25, 0.3) is 0 Å². The van der Waals surface area contributed by atoms with Crippen molar-refractivity contribution in [1.29, 1.82) is 5.26 Å². The van der Waals surface area contributed by atoms with Gasteiger partial charge in [-0.1, -0.05) is 18.2 Å². The molecule has 2 aromatic carbocycles. The lowest BCUT2D eigenvalue weighted by molar-refractivity contribution is -0.274. The van der Waals surface area contributed by atoms with Crippen LogP contribution in [0.4, 0.5) is 30.6 Å². The van der Waals surface area contributed by atoms with Crippen LogP contribution in [-0.2, 0) is 0 Å². The zero-order valence-electron chi connectivity index (χ0n) is 14.6. The van der Waals surface area contributed by atoms with Crippen LogP contribution < -0.4 is 15.4 Å². The maximum atomic E-state index is 12.5. The van der Waals surface area contributed by atoms with E-state index < -0.39 is 6.36 Å². The zero-order valence-corrected chi connectivity index (χ0v) is 14.6. The van der Waals surface area contributed by atoms with Crippen LogP contribution in [0.25, 0.3) is 11.3 Å². The normalized spacial score (nSPS) is 10.8. The number of anilines is 3. The highest BCUT2D eigenvalue weighted by atomic mass is 19.4. The number of halogens is 3. The van der Waals surface area contributed by atoms with Gasteiger partial charge in [0.1, 0.15) is 11.6 Å². The summed E-state index contributed by atoms with van der Waals surface area (Å²) in [6.45, 7) is 0. The molecule has 142 valence electrons. The van der Waals surface area contributed by atoms with E-state index in [0.29, 0.717) is 28.3 Å². The van der Waals surface area contributed by atoms with E-state index in [1.54, 1.807) is 43.4 Å². The second kappa shape index (κ2) is 7.84. The van der Waals surface area contributed by atoms with E-state index in [1.165, 1.54) is 18.2 Å². The van der Waals surface area contributed by atoms with Gasteiger partial charge in [-0.15, -0.1) is 13.2 Å². The Hall–Kier alpha value is -3.80. The van der Waals surface area contributed by atoms with Gasteiger partial charge in [-0.25, -0.2) is 4.98 Å². The predicted molar refractivity (Wildman–Crippen MR) is 98.1 cm³/mol. The van der Waals surface area contributed by atoms with Crippen LogP contribution in [-0.4, -0.2) is 23.4 Å². The van der Waals surface area contributed by atoms with Crippen LogP contribution in [0, 0.1) is 11.3 Å². The second-order valence-corrected chi connectivity index (χ2v) is 5.61. The molecule has 0 aliphatic carbocycles. The monoisotopic (exact) mass is 385 g/mol. The standard InChI is InChI=1S/C19H14F3N5O/c1-24-18-26-16(13-5-3-7-15(9-13)28-19(20,21)22)10-17(27-18)25-14-6-2-4-12(8-14)11-23/h2-10H,1H3,(H2,24,25,26,27). The molecule has 0 amide bonds. The number of nitriles is 1. The van der Waals surface area contributed by atoms with Crippen LogP contribution in [0.15, 0.2) is 54.6 Å². The van der Waals surface area contributed by atoms with Gasteiger partial charge in [-0.2, -0.15) is 10.2 Å². The third-order valence-electron chi connectivity index (χ3n) is 3.58. The summed E-state index contributed by atoms with van der Waals surface area (Å²) >= 11 is 0. The van der Waals surface area contributed by atoms with E-state index in [2.05, 4.69) is 25.3 Å². The summed E-state index contributed by atoms with van der Waals surface area (Å²) in [5.74, 6) is 0.344. The van der Waals surface area contributed by atoms with Gasteiger partial charge in [-0.05, 0) is 30.3 Å². The van der Waals surface area contributed by atoms with Crippen molar-refractivity contribution in [1.82, 2.24) is 9.97 Å². The number of nitrogens with one attached hydrogen (secondary N) is 2. The molecule has 0 fully saturated rings. The van der Waals surface area contributed by atoms with E-state index in [4.69, 9.17) is 5.26 Å². The van der Waals surface area contributed by atoms with Crippen molar-refractivity contribution in [2.45, 2.75) is 6.36 Å². The molecule has 28 heavy (non-hydrogen) atoms. The van der Waals surface area contributed by atoms with Crippen molar-refractivity contribution >= 4 is 17.5 Å². The number of nitrogens with zero attached hydrogens (tertiary/aromatic N) is 3. The first kappa shape index (κ1) is 19.0. The molecule has 1 aromatic heterocycles. The van der Waals surface area contributed by atoms with Crippen molar-refractivity contribution in [2.75, 3.05) is 17.7 Å². The fourth-order valence-corrected chi connectivity index (χ4v) is 2.44. The Bertz CT molecular complexity index is 1030. The molecule has 0 radical (unpaired) electrons. The number of aromatic nitrogens is 2. The molecule has 1 heterocycles. The van der Waals surface area contributed by atoms with Crippen molar-refractivity contribution in [2.24, 2.45) is 0 Å². The van der Waals surface area contributed by atoms with E-state index in [9.17, 15) is 13.2 Å². The molecule has 0 aliphatic rings. The molecule has 0 atom stereocenters. The van der Waals surface area contributed by atoms with Gasteiger partial charge in [0, 0.05) is 24.4 Å². The average molecular weight is 385 g/mol. The molecule has 0 saturated carbocycles. The highest BCUT2D eigenvalue weighted by Crippen LogP contribution is 2.29. The molecule has 3 aromatic rings. The molecule has 9 heteroatoms. The third kappa shape index (κ3) is 4.88. The summed E-state index contributed by atoms with van der Waals surface area (Å²) in [5, 5.41) is 14.9.